The molecule has 4 rings (SSSR count). The third kappa shape index (κ3) is 4.35. The van der Waals surface area contributed by atoms with Gasteiger partial charge < -0.3 is 4.90 Å². The Kier molecular flexibility index (Phi) is 6.09. The second-order valence-electron chi connectivity index (χ2n) is 7.76. The van der Waals surface area contributed by atoms with Crippen molar-refractivity contribution >= 4 is 38.1 Å². The number of rotatable bonds is 4. The van der Waals surface area contributed by atoms with Crippen LogP contribution in [0.3, 0.4) is 0 Å². The van der Waals surface area contributed by atoms with Gasteiger partial charge in [-0.1, -0.05) is 35.4 Å². The maximum Gasteiger partial charge on any atom is 0.243 e. The van der Waals surface area contributed by atoms with Crippen LogP contribution >= 0.6 is 22.9 Å². The highest BCUT2D eigenvalue weighted by Crippen LogP contribution is 2.31. The molecular weight excluding hydrogens is 457 g/mol. The predicted octanol–water partition coefficient (Wildman–Crippen LogP) is 5.04. The quantitative estimate of drug-likeness (QED) is 0.526. The van der Waals surface area contributed by atoms with Crippen LogP contribution in [0.1, 0.15) is 16.7 Å². The lowest BCUT2D eigenvalue weighted by atomic mass is 10.1. The molecule has 9 heteroatoms. The summed E-state index contributed by atoms with van der Waals surface area (Å²) in [4.78, 5) is 7.11. The summed E-state index contributed by atoms with van der Waals surface area (Å²) < 4.78 is 41.9. The zero-order chi connectivity index (χ0) is 22.3. The molecule has 0 saturated carbocycles. The van der Waals surface area contributed by atoms with Gasteiger partial charge in [0.15, 0.2) is 5.13 Å². The molecule has 1 aromatic heterocycles. The van der Waals surface area contributed by atoms with E-state index in [1.165, 1.54) is 23.5 Å². The first-order chi connectivity index (χ1) is 14.7. The largest absolute Gasteiger partial charge is 0.345 e. The number of nitrogens with zero attached hydrogens (tertiary/aromatic N) is 3. The maximum atomic E-state index is 13.8. The lowest BCUT2D eigenvalue weighted by Crippen LogP contribution is -2.48. The van der Waals surface area contributed by atoms with Crippen LogP contribution in [0.2, 0.25) is 5.02 Å². The van der Waals surface area contributed by atoms with Crippen molar-refractivity contribution in [3.05, 3.63) is 63.2 Å². The van der Waals surface area contributed by atoms with Crippen molar-refractivity contribution in [2.45, 2.75) is 25.7 Å². The first-order valence-corrected chi connectivity index (χ1v) is 12.6. The molecule has 1 aliphatic heterocycles. The van der Waals surface area contributed by atoms with Crippen LogP contribution in [0.5, 0.6) is 0 Å². The topological polar surface area (TPSA) is 53.5 Å². The molecule has 1 aliphatic rings. The minimum Gasteiger partial charge on any atom is -0.345 e. The van der Waals surface area contributed by atoms with Gasteiger partial charge in [-0.3, -0.25) is 0 Å². The minimum absolute atomic E-state index is 0.0792. The standard InChI is InChI=1S/C22H23ClFN3O2S2/c1-14-10-15(2)21(16(3)11-14)31(28,29)27-8-6-26(7-9-27)22-25-20(13-30-22)17-4-5-18(23)19(24)12-17/h4-5,10-13H,6-9H2,1-3H3. The Bertz CT molecular complexity index is 1210. The number of aryl methyl sites for hydroxylation is 3. The Balaban J connectivity index is 1.49. The van der Waals surface area contributed by atoms with Crippen molar-refractivity contribution in [2.24, 2.45) is 0 Å². The highest BCUT2D eigenvalue weighted by molar-refractivity contribution is 7.89. The molecule has 0 atom stereocenters. The van der Waals surface area contributed by atoms with Crippen LogP contribution in [0.25, 0.3) is 11.3 Å². The Morgan fingerprint density at radius 1 is 1.03 bits per heavy atom. The van der Waals surface area contributed by atoms with E-state index in [2.05, 4.69) is 9.88 Å². The zero-order valence-corrected chi connectivity index (χ0v) is 19.9. The summed E-state index contributed by atoms with van der Waals surface area (Å²) in [5.74, 6) is -0.478. The third-order valence-electron chi connectivity index (χ3n) is 5.42. The van der Waals surface area contributed by atoms with Gasteiger partial charge in [0.1, 0.15) is 5.82 Å². The molecule has 2 aromatic carbocycles. The lowest BCUT2D eigenvalue weighted by molar-refractivity contribution is 0.384. The van der Waals surface area contributed by atoms with Gasteiger partial charge >= 0.3 is 0 Å². The van der Waals surface area contributed by atoms with E-state index in [-0.39, 0.29) is 5.02 Å². The second-order valence-corrected chi connectivity index (χ2v) is 10.9. The minimum atomic E-state index is -3.56. The van der Waals surface area contributed by atoms with Gasteiger partial charge in [-0.2, -0.15) is 4.31 Å². The Morgan fingerprint density at radius 3 is 2.29 bits per heavy atom. The molecule has 164 valence electrons. The summed E-state index contributed by atoms with van der Waals surface area (Å²) in [5.41, 5.74) is 3.95. The molecular formula is C22H23ClFN3O2S2. The first-order valence-electron chi connectivity index (χ1n) is 9.90. The number of halogens is 2. The van der Waals surface area contributed by atoms with E-state index >= 15 is 0 Å². The fourth-order valence-corrected chi connectivity index (χ4v) is 6.86. The SMILES string of the molecule is Cc1cc(C)c(S(=O)(=O)N2CCN(c3nc(-c4ccc(Cl)c(F)c4)cs3)CC2)c(C)c1. The molecule has 0 aliphatic carbocycles. The number of thiazole rings is 1. The molecule has 0 unspecified atom stereocenters. The average Bonchev–Trinajstić information content (AvgIpc) is 3.19. The van der Waals surface area contributed by atoms with E-state index < -0.39 is 15.8 Å². The summed E-state index contributed by atoms with van der Waals surface area (Å²) in [6.45, 7) is 7.53. The van der Waals surface area contributed by atoms with Crippen LogP contribution in [0.15, 0.2) is 40.6 Å². The third-order valence-corrected chi connectivity index (χ3v) is 8.83. The fraction of sp³-hybridized carbons (Fsp3) is 0.318. The number of hydrogen-bond acceptors (Lipinski definition) is 5. The lowest BCUT2D eigenvalue weighted by Gasteiger charge is -2.34. The van der Waals surface area contributed by atoms with Crippen molar-refractivity contribution < 1.29 is 12.8 Å². The Labute approximate surface area is 191 Å². The molecule has 0 N–H and O–H groups in total. The normalized spacial score (nSPS) is 15.5. The van der Waals surface area contributed by atoms with E-state index in [4.69, 9.17) is 11.6 Å². The van der Waals surface area contributed by atoms with Crippen molar-refractivity contribution in [1.82, 2.24) is 9.29 Å². The molecule has 2 heterocycles. The van der Waals surface area contributed by atoms with E-state index in [1.807, 2.05) is 38.3 Å². The Morgan fingerprint density at radius 2 is 1.68 bits per heavy atom. The van der Waals surface area contributed by atoms with E-state index in [0.29, 0.717) is 42.3 Å². The number of aromatic nitrogens is 1. The summed E-state index contributed by atoms with van der Waals surface area (Å²) in [6, 6.07) is 8.45. The molecule has 3 aromatic rings. The molecule has 0 bridgehead atoms. The van der Waals surface area contributed by atoms with Gasteiger partial charge in [0.05, 0.1) is 15.6 Å². The molecule has 5 nitrogen and oxygen atoms in total. The van der Waals surface area contributed by atoms with Gasteiger partial charge in [0.2, 0.25) is 10.0 Å². The highest BCUT2D eigenvalue weighted by Gasteiger charge is 2.31. The van der Waals surface area contributed by atoms with Crippen molar-refractivity contribution in [2.75, 3.05) is 31.1 Å². The van der Waals surface area contributed by atoms with Crippen molar-refractivity contribution in [3.63, 3.8) is 0 Å². The number of hydrogen-bond donors (Lipinski definition) is 0. The summed E-state index contributed by atoms with van der Waals surface area (Å²) in [5, 5.41) is 2.75. The van der Waals surface area contributed by atoms with Gasteiger partial charge in [0.25, 0.3) is 0 Å². The molecule has 1 saturated heterocycles. The first kappa shape index (κ1) is 22.2. The monoisotopic (exact) mass is 479 g/mol. The average molecular weight is 480 g/mol. The van der Waals surface area contributed by atoms with Gasteiger partial charge in [-0.25, -0.2) is 17.8 Å². The molecule has 0 spiro atoms. The number of benzene rings is 2. The zero-order valence-electron chi connectivity index (χ0n) is 17.5. The summed E-state index contributed by atoms with van der Waals surface area (Å²) >= 11 is 7.23. The van der Waals surface area contributed by atoms with Crippen molar-refractivity contribution in [1.29, 1.82) is 0 Å². The second kappa shape index (κ2) is 8.50. The fourth-order valence-electron chi connectivity index (χ4n) is 4.02. The maximum absolute atomic E-state index is 13.8. The van der Waals surface area contributed by atoms with Gasteiger partial charge in [-0.05, 0) is 44.0 Å². The van der Waals surface area contributed by atoms with Crippen molar-refractivity contribution in [3.8, 4) is 11.3 Å². The van der Waals surface area contributed by atoms with Crippen LogP contribution in [0, 0.1) is 26.6 Å². The van der Waals surface area contributed by atoms with Gasteiger partial charge in [0, 0.05) is 37.1 Å². The number of anilines is 1. The number of piperazine rings is 1. The van der Waals surface area contributed by atoms with E-state index in [9.17, 15) is 12.8 Å². The van der Waals surface area contributed by atoms with Gasteiger partial charge in [-0.15, -0.1) is 11.3 Å². The van der Waals surface area contributed by atoms with E-state index in [0.717, 1.165) is 21.8 Å². The Hall–Kier alpha value is -2.00. The molecule has 1 fully saturated rings. The highest BCUT2D eigenvalue weighted by atomic mass is 35.5. The molecule has 0 radical (unpaired) electrons. The van der Waals surface area contributed by atoms with Crippen LogP contribution in [-0.2, 0) is 10.0 Å². The smallest absolute Gasteiger partial charge is 0.243 e. The van der Waals surface area contributed by atoms with Crippen LogP contribution < -0.4 is 4.90 Å². The summed E-state index contributed by atoms with van der Waals surface area (Å²) in [6.07, 6.45) is 0. The molecule has 0 amide bonds. The van der Waals surface area contributed by atoms with Crippen LogP contribution in [0.4, 0.5) is 9.52 Å². The summed E-state index contributed by atoms with van der Waals surface area (Å²) in [7, 11) is -3.56. The molecule has 31 heavy (non-hydrogen) atoms. The predicted molar refractivity (Wildman–Crippen MR) is 124 cm³/mol. The van der Waals surface area contributed by atoms with Crippen LogP contribution in [-0.4, -0.2) is 43.9 Å². The number of sulfonamides is 1. The van der Waals surface area contributed by atoms with E-state index in [1.54, 1.807) is 10.4 Å².